The highest BCUT2D eigenvalue weighted by atomic mass is 35.5. The predicted molar refractivity (Wildman–Crippen MR) is 54.8 cm³/mol. The van der Waals surface area contributed by atoms with Crippen LogP contribution < -0.4 is 5.32 Å². The van der Waals surface area contributed by atoms with Gasteiger partial charge in [0.05, 0.1) is 11.8 Å². The van der Waals surface area contributed by atoms with Crippen molar-refractivity contribution in [2.75, 3.05) is 5.32 Å². The molecule has 5 heteroatoms. The minimum Gasteiger partial charge on any atom is -0.322 e. The summed E-state index contributed by atoms with van der Waals surface area (Å²) < 4.78 is 13.1. The topological polar surface area (TPSA) is 52.9 Å². The second-order valence-electron chi connectivity index (χ2n) is 2.96. The normalized spacial score (nSPS) is 11.6. The largest absolute Gasteiger partial charge is 0.322 e. The highest BCUT2D eigenvalue weighted by Crippen LogP contribution is 2.19. The third-order valence-electron chi connectivity index (χ3n) is 1.77. The van der Waals surface area contributed by atoms with Gasteiger partial charge in [0, 0.05) is 5.02 Å². The van der Waals surface area contributed by atoms with Crippen LogP contribution in [0.2, 0.25) is 5.02 Å². The molecule has 3 nitrogen and oxygen atoms in total. The standard InChI is InChI=1S/C10H8ClFN2O/c1-6(5-13)10(15)14-9-4-7(11)2-3-8(9)12/h2-4,6H,1H3,(H,14,15). The zero-order valence-corrected chi connectivity index (χ0v) is 8.68. The minimum atomic E-state index is -0.830. The van der Waals surface area contributed by atoms with E-state index in [0.717, 1.165) is 6.07 Å². The van der Waals surface area contributed by atoms with Gasteiger partial charge in [-0.3, -0.25) is 4.79 Å². The highest BCUT2D eigenvalue weighted by Gasteiger charge is 2.13. The van der Waals surface area contributed by atoms with Gasteiger partial charge in [0.25, 0.3) is 0 Å². The number of halogens is 2. The maximum Gasteiger partial charge on any atom is 0.241 e. The summed E-state index contributed by atoms with van der Waals surface area (Å²) >= 11 is 5.63. The Morgan fingerprint density at radius 2 is 2.33 bits per heavy atom. The number of amides is 1. The van der Waals surface area contributed by atoms with E-state index in [-0.39, 0.29) is 5.69 Å². The monoisotopic (exact) mass is 226 g/mol. The molecule has 0 saturated heterocycles. The fraction of sp³-hybridized carbons (Fsp3) is 0.200. The maximum absolute atomic E-state index is 13.1. The van der Waals surface area contributed by atoms with E-state index in [0.29, 0.717) is 5.02 Å². The summed E-state index contributed by atoms with van der Waals surface area (Å²) in [5, 5.41) is 11.1. The van der Waals surface area contributed by atoms with Gasteiger partial charge >= 0.3 is 0 Å². The quantitative estimate of drug-likeness (QED) is 0.843. The first-order valence-electron chi connectivity index (χ1n) is 4.20. The number of nitriles is 1. The highest BCUT2D eigenvalue weighted by molar-refractivity contribution is 6.30. The number of rotatable bonds is 2. The fourth-order valence-corrected chi connectivity index (χ4v) is 1.07. The van der Waals surface area contributed by atoms with E-state index >= 15 is 0 Å². The molecule has 0 spiro atoms. The maximum atomic E-state index is 13.1. The molecule has 1 aromatic carbocycles. The Bertz CT molecular complexity index is 428. The van der Waals surface area contributed by atoms with Crippen molar-refractivity contribution in [3.8, 4) is 6.07 Å². The Kier molecular flexibility index (Phi) is 3.64. The average molecular weight is 227 g/mol. The number of anilines is 1. The van der Waals surface area contributed by atoms with Crippen molar-refractivity contribution in [2.24, 2.45) is 5.92 Å². The molecule has 0 aromatic heterocycles. The van der Waals surface area contributed by atoms with Crippen LogP contribution in [0.25, 0.3) is 0 Å². The van der Waals surface area contributed by atoms with Gasteiger partial charge in [-0.05, 0) is 25.1 Å². The molecule has 0 fully saturated rings. The van der Waals surface area contributed by atoms with Crippen molar-refractivity contribution in [2.45, 2.75) is 6.92 Å². The number of hydrogen-bond acceptors (Lipinski definition) is 2. The van der Waals surface area contributed by atoms with E-state index in [1.807, 2.05) is 0 Å². The molecular weight excluding hydrogens is 219 g/mol. The summed E-state index contributed by atoms with van der Waals surface area (Å²) in [7, 11) is 0. The van der Waals surface area contributed by atoms with Crippen LogP contribution in [0.15, 0.2) is 18.2 Å². The van der Waals surface area contributed by atoms with Crippen LogP contribution in [0.3, 0.4) is 0 Å². The second-order valence-corrected chi connectivity index (χ2v) is 3.40. The molecule has 1 rings (SSSR count). The van der Waals surface area contributed by atoms with Crippen molar-refractivity contribution in [3.63, 3.8) is 0 Å². The SMILES string of the molecule is CC(C#N)C(=O)Nc1cc(Cl)ccc1F. The Balaban J connectivity index is 2.86. The molecule has 1 amide bonds. The molecule has 1 atom stereocenters. The van der Waals surface area contributed by atoms with Crippen molar-refractivity contribution in [1.29, 1.82) is 5.26 Å². The fourth-order valence-electron chi connectivity index (χ4n) is 0.893. The van der Waals surface area contributed by atoms with Crippen LogP contribution in [0.4, 0.5) is 10.1 Å². The summed E-state index contributed by atoms with van der Waals surface area (Å²) in [6, 6.07) is 5.57. The third kappa shape index (κ3) is 2.93. The van der Waals surface area contributed by atoms with E-state index in [1.54, 1.807) is 6.07 Å². The van der Waals surface area contributed by atoms with E-state index in [2.05, 4.69) is 5.32 Å². The van der Waals surface area contributed by atoms with E-state index in [9.17, 15) is 9.18 Å². The van der Waals surface area contributed by atoms with Crippen molar-refractivity contribution in [1.82, 2.24) is 0 Å². The predicted octanol–water partition coefficient (Wildman–Crippen LogP) is 2.58. The molecule has 15 heavy (non-hydrogen) atoms. The molecule has 78 valence electrons. The van der Waals surface area contributed by atoms with Gasteiger partial charge in [0.2, 0.25) is 5.91 Å². The van der Waals surface area contributed by atoms with Gasteiger partial charge in [0.1, 0.15) is 11.7 Å². The van der Waals surface area contributed by atoms with Gasteiger partial charge in [-0.1, -0.05) is 11.6 Å². The van der Waals surface area contributed by atoms with E-state index in [1.165, 1.54) is 19.1 Å². The Morgan fingerprint density at radius 1 is 1.67 bits per heavy atom. The zero-order valence-electron chi connectivity index (χ0n) is 7.92. The lowest BCUT2D eigenvalue weighted by Gasteiger charge is -2.07. The molecule has 0 aliphatic heterocycles. The molecule has 1 aromatic rings. The lowest BCUT2D eigenvalue weighted by molar-refractivity contribution is -0.117. The first kappa shape index (κ1) is 11.5. The van der Waals surface area contributed by atoms with E-state index in [4.69, 9.17) is 16.9 Å². The molecular formula is C10H8ClFN2O. The van der Waals surface area contributed by atoms with Gasteiger partial charge in [-0.15, -0.1) is 0 Å². The van der Waals surface area contributed by atoms with Gasteiger partial charge in [0.15, 0.2) is 0 Å². The molecule has 1 N–H and O–H groups in total. The van der Waals surface area contributed by atoms with Gasteiger partial charge < -0.3 is 5.32 Å². The third-order valence-corrected chi connectivity index (χ3v) is 2.01. The van der Waals surface area contributed by atoms with Crippen LogP contribution in [0.5, 0.6) is 0 Å². The molecule has 0 radical (unpaired) electrons. The van der Waals surface area contributed by atoms with Crippen molar-refractivity contribution in [3.05, 3.63) is 29.0 Å². The second kappa shape index (κ2) is 4.76. The lowest BCUT2D eigenvalue weighted by atomic mass is 10.2. The van der Waals surface area contributed by atoms with Crippen molar-refractivity contribution >= 4 is 23.2 Å². The Hall–Kier alpha value is -1.60. The number of carbonyl (C=O) groups excluding carboxylic acids is 1. The van der Waals surface area contributed by atoms with Gasteiger partial charge in [-0.25, -0.2) is 4.39 Å². The first-order chi connectivity index (χ1) is 7.04. The Labute approximate surface area is 91.5 Å². The summed E-state index contributed by atoms with van der Waals surface area (Å²) in [6.07, 6.45) is 0. The minimum absolute atomic E-state index is 0.0189. The van der Waals surface area contributed by atoms with Crippen LogP contribution in [0.1, 0.15) is 6.92 Å². The number of nitrogens with zero attached hydrogens (tertiary/aromatic N) is 1. The summed E-state index contributed by atoms with van der Waals surface area (Å²) in [4.78, 5) is 11.3. The van der Waals surface area contributed by atoms with Crippen LogP contribution in [0, 0.1) is 23.1 Å². The molecule has 0 heterocycles. The summed E-state index contributed by atoms with van der Waals surface area (Å²) in [5.74, 6) is -1.97. The summed E-state index contributed by atoms with van der Waals surface area (Å²) in [5.41, 5.74) is -0.0189. The summed E-state index contributed by atoms with van der Waals surface area (Å²) in [6.45, 7) is 1.43. The lowest BCUT2D eigenvalue weighted by Crippen LogP contribution is -2.19. The number of hydrogen-bond donors (Lipinski definition) is 1. The zero-order chi connectivity index (χ0) is 11.4. The number of carbonyl (C=O) groups is 1. The van der Waals surface area contributed by atoms with Crippen LogP contribution in [-0.4, -0.2) is 5.91 Å². The first-order valence-corrected chi connectivity index (χ1v) is 4.58. The van der Waals surface area contributed by atoms with Crippen LogP contribution in [-0.2, 0) is 4.79 Å². The molecule has 1 unspecified atom stereocenters. The molecule has 0 aliphatic rings. The van der Waals surface area contributed by atoms with Crippen molar-refractivity contribution < 1.29 is 9.18 Å². The van der Waals surface area contributed by atoms with Gasteiger partial charge in [-0.2, -0.15) is 5.26 Å². The van der Waals surface area contributed by atoms with E-state index < -0.39 is 17.6 Å². The molecule has 0 bridgehead atoms. The molecule has 0 saturated carbocycles. The smallest absolute Gasteiger partial charge is 0.241 e. The Morgan fingerprint density at radius 3 is 2.93 bits per heavy atom. The van der Waals surface area contributed by atoms with Crippen LogP contribution >= 0.6 is 11.6 Å². The molecule has 0 aliphatic carbocycles. The number of nitrogens with one attached hydrogen (secondary N) is 1. The average Bonchev–Trinajstić information content (AvgIpc) is 2.22. The number of benzene rings is 1.